The number of nitrogens with zero attached hydrogens (tertiary/aromatic N) is 1. The average Bonchev–Trinajstić information content (AvgIpc) is 3.25. The van der Waals surface area contributed by atoms with Crippen LogP contribution >= 0.6 is 0 Å². The van der Waals surface area contributed by atoms with Crippen LogP contribution in [0.5, 0.6) is 0 Å². The van der Waals surface area contributed by atoms with Crippen LogP contribution < -0.4 is 0 Å². The molecule has 1 heterocycles. The molecule has 148 valence electrons. The second kappa shape index (κ2) is 6.55. The summed E-state index contributed by atoms with van der Waals surface area (Å²) in [6.45, 7) is 9.80. The summed E-state index contributed by atoms with van der Waals surface area (Å²) in [5.41, 5.74) is 6.44. The Balaban J connectivity index is 1.81. The Morgan fingerprint density at radius 2 is 1.31 bits per heavy atom. The number of hydrogen-bond acceptors (Lipinski definition) is 2. The third-order valence-corrected chi connectivity index (χ3v) is 6.72. The fourth-order valence-electron chi connectivity index (χ4n) is 5.63. The van der Waals surface area contributed by atoms with Crippen LogP contribution in [-0.2, 0) is 10.3 Å². The third-order valence-electron chi connectivity index (χ3n) is 6.72. The van der Waals surface area contributed by atoms with Gasteiger partial charge in [0.1, 0.15) is 12.3 Å². The molecule has 2 heteroatoms. The van der Waals surface area contributed by atoms with Crippen LogP contribution in [-0.4, -0.2) is 23.8 Å². The van der Waals surface area contributed by atoms with E-state index in [-0.39, 0.29) is 23.1 Å². The third kappa shape index (κ3) is 2.56. The maximum Gasteiger partial charge on any atom is 0.101 e. The second-order valence-electron chi connectivity index (χ2n) is 9.46. The SMILES string of the molecule is C[C@H]1[C@@H](C(C)(C)C)OCN1C1(c2ccccc2)c2ccccc2-c2ccccc21. The topological polar surface area (TPSA) is 12.5 Å². The molecule has 29 heavy (non-hydrogen) atoms. The summed E-state index contributed by atoms with van der Waals surface area (Å²) in [6.07, 6.45) is 0.183. The summed E-state index contributed by atoms with van der Waals surface area (Å²) >= 11 is 0. The van der Waals surface area contributed by atoms with Gasteiger partial charge in [-0.3, -0.25) is 4.90 Å². The fourth-order valence-corrected chi connectivity index (χ4v) is 5.63. The van der Waals surface area contributed by atoms with Crippen molar-refractivity contribution >= 4 is 0 Å². The van der Waals surface area contributed by atoms with E-state index in [4.69, 9.17) is 4.74 Å². The Bertz CT molecular complexity index is 988. The summed E-state index contributed by atoms with van der Waals surface area (Å²) in [5.74, 6) is 0. The van der Waals surface area contributed by atoms with E-state index < -0.39 is 0 Å². The molecule has 5 rings (SSSR count). The van der Waals surface area contributed by atoms with Crippen LogP contribution in [0, 0.1) is 5.41 Å². The molecule has 0 saturated carbocycles. The number of benzene rings is 3. The standard InChI is InChI=1S/C27H29NO/c1-19-25(26(2,3)4)29-18-28(19)27(20-12-6-5-7-13-20)23-16-10-8-14-21(23)22-15-9-11-17-24(22)27/h5-17,19,25H,18H2,1-4H3/t19-,25-/m0/s1. The average molecular weight is 384 g/mol. The van der Waals surface area contributed by atoms with Gasteiger partial charge >= 0.3 is 0 Å². The summed E-state index contributed by atoms with van der Waals surface area (Å²) < 4.78 is 6.46. The second-order valence-corrected chi connectivity index (χ2v) is 9.46. The fraction of sp³-hybridized carbons (Fsp3) is 0.333. The van der Waals surface area contributed by atoms with Gasteiger partial charge < -0.3 is 4.74 Å². The lowest BCUT2D eigenvalue weighted by molar-refractivity contribution is 0.0167. The van der Waals surface area contributed by atoms with Crippen molar-refractivity contribution in [1.29, 1.82) is 0 Å². The number of fused-ring (bicyclic) bond motifs is 3. The predicted octanol–water partition coefficient (Wildman–Crippen LogP) is 6.05. The Morgan fingerprint density at radius 1 is 0.793 bits per heavy atom. The lowest BCUT2D eigenvalue weighted by Crippen LogP contribution is -2.51. The highest BCUT2D eigenvalue weighted by atomic mass is 16.5. The molecule has 3 aromatic carbocycles. The Labute approximate surface area is 174 Å². The summed E-state index contributed by atoms with van der Waals surface area (Å²) in [5, 5.41) is 0. The van der Waals surface area contributed by atoms with Crippen LogP contribution in [0.15, 0.2) is 78.9 Å². The summed E-state index contributed by atoms with van der Waals surface area (Å²) in [7, 11) is 0. The molecule has 0 aromatic heterocycles. The van der Waals surface area contributed by atoms with Gasteiger partial charge in [-0.25, -0.2) is 0 Å². The van der Waals surface area contributed by atoms with Gasteiger partial charge in [-0.15, -0.1) is 0 Å². The molecule has 0 N–H and O–H groups in total. The first-order chi connectivity index (χ1) is 14.0. The molecular weight excluding hydrogens is 354 g/mol. The molecule has 0 bridgehead atoms. The molecule has 1 aliphatic carbocycles. The predicted molar refractivity (Wildman–Crippen MR) is 119 cm³/mol. The quantitative estimate of drug-likeness (QED) is 0.534. The molecule has 0 amide bonds. The first-order valence-corrected chi connectivity index (χ1v) is 10.6. The molecule has 0 radical (unpaired) electrons. The smallest absolute Gasteiger partial charge is 0.101 e. The number of rotatable bonds is 2. The molecular formula is C27H29NO. The van der Waals surface area contributed by atoms with Gasteiger partial charge in [0.05, 0.1) is 6.10 Å². The monoisotopic (exact) mass is 383 g/mol. The highest BCUT2D eigenvalue weighted by Crippen LogP contribution is 2.56. The van der Waals surface area contributed by atoms with Crippen molar-refractivity contribution in [2.45, 2.75) is 45.4 Å². The number of hydrogen-bond donors (Lipinski definition) is 0. The van der Waals surface area contributed by atoms with E-state index in [9.17, 15) is 0 Å². The van der Waals surface area contributed by atoms with Gasteiger partial charge in [0.15, 0.2) is 0 Å². The molecule has 3 aromatic rings. The zero-order valence-electron chi connectivity index (χ0n) is 17.7. The largest absolute Gasteiger partial charge is 0.361 e. The molecule has 1 aliphatic heterocycles. The summed E-state index contributed by atoms with van der Waals surface area (Å²) in [4.78, 5) is 2.59. The summed E-state index contributed by atoms with van der Waals surface area (Å²) in [6, 6.07) is 29.0. The van der Waals surface area contributed by atoms with Crippen LogP contribution in [0.2, 0.25) is 0 Å². The maximum absolute atomic E-state index is 6.46. The van der Waals surface area contributed by atoms with Crippen molar-refractivity contribution in [2.24, 2.45) is 5.41 Å². The van der Waals surface area contributed by atoms with Crippen molar-refractivity contribution in [1.82, 2.24) is 4.90 Å². The van der Waals surface area contributed by atoms with Gasteiger partial charge in [0, 0.05) is 6.04 Å². The first kappa shape index (κ1) is 18.6. The van der Waals surface area contributed by atoms with Crippen molar-refractivity contribution in [2.75, 3.05) is 6.73 Å². The van der Waals surface area contributed by atoms with E-state index in [0.717, 1.165) is 0 Å². The molecule has 2 atom stereocenters. The minimum atomic E-state index is -0.339. The van der Waals surface area contributed by atoms with E-state index in [1.165, 1.54) is 27.8 Å². The van der Waals surface area contributed by atoms with Crippen LogP contribution in [0.3, 0.4) is 0 Å². The van der Waals surface area contributed by atoms with E-state index in [0.29, 0.717) is 6.73 Å². The van der Waals surface area contributed by atoms with Gasteiger partial charge in [0.2, 0.25) is 0 Å². The van der Waals surface area contributed by atoms with E-state index in [2.05, 4.69) is 111 Å². The lowest BCUT2D eigenvalue weighted by Gasteiger charge is -2.44. The van der Waals surface area contributed by atoms with Gasteiger partial charge in [-0.1, -0.05) is 99.6 Å². The minimum absolute atomic E-state index is 0.0870. The van der Waals surface area contributed by atoms with Crippen molar-refractivity contribution in [3.63, 3.8) is 0 Å². The molecule has 1 saturated heterocycles. The Hall–Kier alpha value is -2.42. The number of ether oxygens (including phenoxy) is 1. The van der Waals surface area contributed by atoms with Crippen molar-refractivity contribution in [3.05, 3.63) is 95.6 Å². The molecule has 0 spiro atoms. The molecule has 2 nitrogen and oxygen atoms in total. The molecule has 1 fully saturated rings. The van der Waals surface area contributed by atoms with E-state index in [1.54, 1.807) is 0 Å². The molecule has 2 aliphatic rings. The Kier molecular flexibility index (Phi) is 4.20. The Morgan fingerprint density at radius 3 is 1.83 bits per heavy atom. The molecule has 0 unspecified atom stereocenters. The van der Waals surface area contributed by atoms with E-state index >= 15 is 0 Å². The van der Waals surface area contributed by atoms with Crippen LogP contribution in [0.25, 0.3) is 11.1 Å². The normalized spacial score (nSPS) is 23.0. The van der Waals surface area contributed by atoms with Gasteiger partial charge in [-0.05, 0) is 40.2 Å². The lowest BCUT2D eigenvalue weighted by atomic mass is 9.77. The highest BCUT2D eigenvalue weighted by Gasteiger charge is 2.54. The van der Waals surface area contributed by atoms with E-state index in [1.807, 2.05) is 0 Å². The zero-order chi connectivity index (χ0) is 20.2. The zero-order valence-corrected chi connectivity index (χ0v) is 17.7. The minimum Gasteiger partial charge on any atom is -0.361 e. The van der Waals surface area contributed by atoms with Crippen LogP contribution in [0.4, 0.5) is 0 Å². The van der Waals surface area contributed by atoms with Gasteiger partial charge in [0.25, 0.3) is 0 Å². The first-order valence-electron chi connectivity index (χ1n) is 10.6. The van der Waals surface area contributed by atoms with Crippen LogP contribution in [0.1, 0.15) is 44.4 Å². The highest BCUT2D eigenvalue weighted by molar-refractivity contribution is 5.83. The van der Waals surface area contributed by atoms with Crippen molar-refractivity contribution in [3.8, 4) is 11.1 Å². The van der Waals surface area contributed by atoms with Gasteiger partial charge in [-0.2, -0.15) is 0 Å². The maximum atomic E-state index is 6.46. The van der Waals surface area contributed by atoms with Crippen molar-refractivity contribution < 1.29 is 4.74 Å².